The summed E-state index contributed by atoms with van der Waals surface area (Å²) < 4.78 is 26.6. The van der Waals surface area contributed by atoms with Crippen molar-refractivity contribution in [2.45, 2.75) is 51.6 Å². The summed E-state index contributed by atoms with van der Waals surface area (Å²) >= 11 is 0. The standard InChI is InChI=1S/C26H38FN5O3Si/c1-26(2,3)36(5,6)34-18-19-8-7-9-23(24(19)27)20-12-28-25(29-13-20)32-14-21(15-32)30-35-22-16-31(17-22)10-11-33-4/h7-9,12-13,22H,10-11,14-18H2,1-6H3. The molecule has 8 nitrogen and oxygen atoms in total. The molecule has 10 heteroatoms. The van der Waals surface area contributed by atoms with E-state index in [1.54, 1.807) is 31.6 Å². The molecule has 196 valence electrons. The van der Waals surface area contributed by atoms with E-state index in [0.717, 1.165) is 32.0 Å². The zero-order valence-electron chi connectivity index (χ0n) is 22.3. The molecule has 1 aromatic heterocycles. The Labute approximate surface area is 214 Å². The quantitative estimate of drug-likeness (QED) is 0.345. The maximum absolute atomic E-state index is 15.3. The zero-order valence-corrected chi connectivity index (χ0v) is 23.3. The van der Waals surface area contributed by atoms with Crippen LogP contribution in [0.2, 0.25) is 18.1 Å². The predicted molar refractivity (Wildman–Crippen MR) is 142 cm³/mol. The average molecular weight is 516 g/mol. The molecule has 2 fully saturated rings. The SMILES string of the molecule is COCCN1CC(ON=C2CN(c3ncc(-c4cccc(CO[Si](C)(C)C(C)(C)C)c4F)cn3)C2)C1. The monoisotopic (exact) mass is 515 g/mol. The van der Waals surface area contributed by atoms with Crippen molar-refractivity contribution in [1.82, 2.24) is 14.9 Å². The van der Waals surface area contributed by atoms with Crippen molar-refractivity contribution in [3.05, 3.63) is 42.0 Å². The fourth-order valence-electron chi connectivity index (χ4n) is 3.75. The van der Waals surface area contributed by atoms with Crippen molar-refractivity contribution in [2.24, 2.45) is 5.16 Å². The second-order valence-electron chi connectivity index (χ2n) is 11.1. The molecule has 1 aromatic carbocycles. The second-order valence-corrected chi connectivity index (χ2v) is 15.9. The number of benzene rings is 1. The Kier molecular flexibility index (Phi) is 8.08. The molecule has 0 saturated carbocycles. The molecular weight excluding hydrogens is 477 g/mol. The van der Waals surface area contributed by atoms with Gasteiger partial charge in [-0.1, -0.05) is 44.1 Å². The van der Waals surface area contributed by atoms with E-state index < -0.39 is 8.32 Å². The third-order valence-electron chi connectivity index (χ3n) is 7.32. The Hall–Kier alpha value is -2.40. The number of hydrogen-bond donors (Lipinski definition) is 0. The van der Waals surface area contributed by atoms with E-state index in [1.165, 1.54) is 0 Å². The topological polar surface area (TPSA) is 72.3 Å². The second kappa shape index (κ2) is 10.9. The van der Waals surface area contributed by atoms with Gasteiger partial charge in [0, 0.05) is 55.8 Å². The molecule has 0 N–H and O–H groups in total. The van der Waals surface area contributed by atoms with Crippen LogP contribution < -0.4 is 4.90 Å². The molecule has 0 atom stereocenters. The molecule has 36 heavy (non-hydrogen) atoms. The summed E-state index contributed by atoms with van der Waals surface area (Å²) in [7, 11) is -0.262. The number of aromatic nitrogens is 2. The van der Waals surface area contributed by atoms with Crippen LogP contribution in [0.3, 0.4) is 0 Å². The number of nitrogens with zero attached hydrogens (tertiary/aromatic N) is 5. The van der Waals surface area contributed by atoms with Gasteiger partial charge in [0.05, 0.1) is 32.0 Å². The first-order valence-electron chi connectivity index (χ1n) is 12.5. The van der Waals surface area contributed by atoms with Crippen LogP contribution >= 0.6 is 0 Å². The minimum atomic E-state index is -1.97. The fraction of sp³-hybridized carbons (Fsp3) is 0.577. The number of rotatable bonds is 10. The lowest BCUT2D eigenvalue weighted by Crippen LogP contribution is -2.53. The lowest BCUT2D eigenvalue weighted by Gasteiger charge is -2.38. The van der Waals surface area contributed by atoms with Crippen molar-refractivity contribution < 1.29 is 18.4 Å². The van der Waals surface area contributed by atoms with Gasteiger partial charge in [0.2, 0.25) is 5.95 Å². The van der Waals surface area contributed by atoms with Gasteiger partial charge in [-0.25, -0.2) is 14.4 Å². The molecule has 2 aliphatic heterocycles. The maximum atomic E-state index is 15.3. The third kappa shape index (κ3) is 6.11. The molecule has 0 unspecified atom stereocenters. The van der Waals surface area contributed by atoms with Gasteiger partial charge in [-0.3, -0.25) is 4.90 Å². The normalized spacial score (nSPS) is 17.1. The Morgan fingerprint density at radius 2 is 1.83 bits per heavy atom. The number of halogens is 1. The van der Waals surface area contributed by atoms with Crippen molar-refractivity contribution >= 4 is 20.0 Å². The van der Waals surface area contributed by atoms with Crippen molar-refractivity contribution in [3.8, 4) is 11.1 Å². The van der Waals surface area contributed by atoms with Gasteiger partial charge in [0.25, 0.3) is 0 Å². The number of hydrogen-bond acceptors (Lipinski definition) is 8. The Bertz CT molecular complexity index is 1060. The van der Waals surface area contributed by atoms with Crippen LogP contribution in [0.15, 0.2) is 35.7 Å². The fourth-order valence-corrected chi connectivity index (χ4v) is 4.70. The van der Waals surface area contributed by atoms with Gasteiger partial charge >= 0.3 is 0 Å². The first-order valence-corrected chi connectivity index (χ1v) is 15.4. The highest BCUT2D eigenvalue weighted by Crippen LogP contribution is 2.37. The Morgan fingerprint density at radius 3 is 2.47 bits per heavy atom. The lowest BCUT2D eigenvalue weighted by molar-refractivity contribution is -0.0589. The maximum Gasteiger partial charge on any atom is 0.225 e. The van der Waals surface area contributed by atoms with E-state index in [0.29, 0.717) is 35.7 Å². The largest absolute Gasteiger partial charge is 0.412 e. The molecule has 3 heterocycles. The first kappa shape index (κ1) is 26.7. The Balaban J connectivity index is 1.30. The van der Waals surface area contributed by atoms with Crippen molar-refractivity contribution in [3.63, 3.8) is 0 Å². The number of ether oxygens (including phenoxy) is 1. The number of oxime groups is 1. The summed E-state index contributed by atoms with van der Waals surface area (Å²) in [5, 5.41) is 4.35. The van der Waals surface area contributed by atoms with Gasteiger partial charge in [-0.2, -0.15) is 0 Å². The van der Waals surface area contributed by atoms with Crippen molar-refractivity contribution in [2.75, 3.05) is 51.3 Å². The van der Waals surface area contributed by atoms with Crippen LogP contribution in [-0.4, -0.2) is 81.4 Å². The molecule has 0 radical (unpaired) electrons. The van der Waals surface area contributed by atoms with Crippen LogP contribution in [0.5, 0.6) is 0 Å². The van der Waals surface area contributed by atoms with Crippen LogP contribution in [0.1, 0.15) is 26.3 Å². The summed E-state index contributed by atoms with van der Waals surface area (Å²) in [4.78, 5) is 18.9. The minimum absolute atomic E-state index is 0.0702. The predicted octanol–water partition coefficient (Wildman–Crippen LogP) is 4.33. The lowest BCUT2D eigenvalue weighted by atomic mass is 10.1. The highest BCUT2D eigenvalue weighted by molar-refractivity contribution is 6.74. The van der Waals surface area contributed by atoms with E-state index in [-0.39, 0.29) is 23.6 Å². The molecule has 4 rings (SSSR count). The zero-order chi connectivity index (χ0) is 25.9. The average Bonchev–Trinajstić information content (AvgIpc) is 2.77. The van der Waals surface area contributed by atoms with E-state index in [2.05, 4.69) is 53.9 Å². The first-order chi connectivity index (χ1) is 17.1. The summed E-state index contributed by atoms with van der Waals surface area (Å²) in [5.74, 6) is 0.324. The van der Waals surface area contributed by atoms with E-state index >= 15 is 4.39 Å². The summed E-state index contributed by atoms with van der Waals surface area (Å²) in [6.45, 7) is 15.8. The smallest absolute Gasteiger partial charge is 0.225 e. The molecule has 2 aliphatic rings. The summed E-state index contributed by atoms with van der Waals surface area (Å²) in [5.41, 5.74) is 2.65. The molecule has 0 aliphatic carbocycles. The van der Waals surface area contributed by atoms with Crippen LogP contribution in [-0.2, 0) is 20.6 Å². The molecule has 0 spiro atoms. The highest BCUT2D eigenvalue weighted by atomic mass is 28.4. The molecule has 0 amide bonds. The van der Waals surface area contributed by atoms with Gasteiger partial charge < -0.3 is 18.9 Å². The minimum Gasteiger partial charge on any atom is -0.412 e. The van der Waals surface area contributed by atoms with Gasteiger partial charge in [0.1, 0.15) is 5.82 Å². The summed E-state index contributed by atoms with van der Waals surface area (Å²) in [6.07, 6.45) is 3.50. The molecule has 0 bridgehead atoms. The number of methoxy groups -OCH3 is 1. The third-order valence-corrected chi connectivity index (χ3v) is 11.8. The van der Waals surface area contributed by atoms with Gasteiger partial charge in [-0.15, -0.1) is 0 Å². The summed E-state index contributed by atoms with van der Waals surface area (Å²) in [6, 6.07) is 5.39. The Morgan fingerprint density at radius 1 is 1.14 bits per heavy atom. The number of anilines is 1. The van der Waals surface area contributed by atoms with E-state index in [9.17, 15) is 0 Å². The van der Waals surface area contributed by atoms with E-state index in [1.807, 2.05) is 11.0 Å². The van der Waals surface area contributed by atoms with Crippen LogP contribution in [0.25, 0.3) is 11.1 Å². The van der Waals surface area contributed by atoms with Gasteiger partial charge in [0.15, 0.2) is 14.4 Å². The van der Waals surface area contributed by atoms with Crippen molar-refractivity contribution in [1.29, 1.82) is 0 Å². The van der Waals surface area contributed by atoms with E-state index in [4.69, 9.17) is 14.0 Å². The molecule has 2 aromatic rings. The molecular formula is C26H38FN5O3Si. The van der Waals surface area contributed by atoms with Crippen LogP contribution in [0, 0.1) is 5.82 Å². The molecule has 2 saturated heterocycles. The van der Waals surface area contributed by atoms with Gasteiger partial charge in [-0.05, 0) is 18.1 Å². The highest BCUT2D eigenvalue weighted by Gasteiger charge is 2.37. The number of likely N-dealkylation sites (tertiary alicyclic amines) is 1. The van der Waals surface area contributed by atoms with Crippen LogP contribution in [0.4, 0.5) is 10.3 Å².